The summed E-state index contributed by atoms with van der Waals surface area (Å²) in [5.74, 6) is -1.39. The summed E-state index contributed by atoms with van der Waals surface area (Å²) in [5.41, 5.74) is 7.07. The molecular formula is C16H22N2O3. The van der Waals surface area contributed by atoms with E-state index in [1.54, 1.807) is 6.07 Å². The normalized spacial score (nSPS) is 21.1. The zero-order chi connectivity index (χ0) is 15.8. The van der Waals surface area contributed by atoms with E-state index in [0.717, 1.165) is 18.4 Å². The standard InChI is InChI=1S/C16H22N2O3/c1-10-5-6-11(14(17)19)12(9-10)18-8-4-7-16(2,3)13(18)15(20)21/h5-6,9,13H,4,7-8H2,1-3H3,(H2,17,19)(H,20,21). The molecule has 3 N–H and O–H groups in total. The topological polar surface area (TPSA) is 83.6 Å². The molecule has 1 saturated heterocycles. The second-order valence-electron chi connectivity index (χ2n) is 6.41. The Labute approximate surface area is 124 Å². The van der Waals surface area contributed by atoms with Crippen LogP contribution in [0.5, 0.6) is 0 Å². The van der Waals surface area contributed by atoms with Crippen LogP contribution in [-0.2, 0) is 4.79 Å². The molecule has 2 rings (SSSR count). The van der Waals surface area contributed by atoms with E-state index >= 15 is 0 Å². The van der Waals surface area contributed by atoms with Crippen molar-refractivity contribution < 1.29 is 14.7 Å². The number of rotatable bonds is 3. The van der Waals surface area contributed by atoms with Crippen molar-refractivity contribution in [3.8, 4) is 0 Å². The number of nitrogens with two attached hydrogens (primary N) is 1. The number of anilines is 1. The van der Waals surface area contributed by atoms with Gasteiger partial charge in [-0.2, -0.15) is 0 Å². The van der Waals surface area contributed by atoms with Crippen LogP contribution < -0.4 is 10.6 Å². The molecule has 0 spiro atoms. The zero-order valence-electron chi connectivity index (χ0n) is 12.7. The van der Waals surface area contributed by atoms with Crippen molar-refractivity contribution in [1.82, 2.24) is 0 Å². The first-order valence-corrected chi connectivity index (χ1v) is 7.14. The van der Waals surface area contributed by atoms with Gasteiger partial charge < -0.3 is 15.7 Å². The van der Waals surface area contributed by atoms with E-state index < -0.39 is 17.9 Å². The highest BCUT2D eigenvalue weighted by Crippen LogP contribution is 2.39. The lowest BCUT2D eigenvalue weighted by atomic mass is 9.76. The monoisotopic (exact) mass is 290 g/mol. The molecule has 1 fully saturated rings. The van der Waals surface area contributed by atoms with Gasteiger partial charge in [0.2, 0.25) is 0 Å². The van der Waals surface area contributed by atoms with Gasteiger partial charge in [0.25, 0.3) is 5.91 Å². The molecule has 1 aliphatic heterocycles. The van der Waals surface area contributed by atoms with Gasteiger partial charge in [-0.15, -0.1) is 0 Å². The maximum absolute atomic E-state index is 11.8. The first-order valence-electron chi connectivity index (χ1n) is 7.14. The second-order valence-corrected chi connectivity index (χ2v) is 6.41. The number of hydrogen-bond acceptors (Lipinski definition) is 3. The molecule has 1 amide bonds. The van der Waals surface area contributed by atoms with Gasteiger partial charge in [-0.25, -0.2) is 4.79 Å². The summed E-state index contributed by atoms with van der Waals surface area (Å²) in [6, 6.07) is 4.67. The van der Waals surface area contributed by atoms with E-state index in [1.165, 1.54) is 0 Å². The Morgan fingerprint density at radius 3 is 2.62 bits per heavy atom. The molecule has 21 heavy (non-hydrogen) atoms. The molecule has 0 aromatic heterocycles. The Morgan fingerprint density at radius 2 is 2.05 bits per heavy atom. The zero-order valence-corrected chi connectivity index (χ0v) is 12.7. The van der Waals surface area contributed by atoms with Gasteiger partial charge in [-0.3, -0.25) is 4.79 Å². The number of piperidine rings is 1. The number of carboxylic acid groups (broad SMARTS) is 1. The smallest absolute Gasteiger partial charge is 0.326 e. The van der Waals surface area contributed by atoms with Crippen LogP contribution in [-0.4, -0.2) is 29.6 Å². The molecule has 1 aromatic carbocycles. The molecule has 5 heteroatoms. The number of carbonyl (C=O) groups is 2. The maximum atomic E-state index is 11.8. The quantitative estimate of drug-likeness (QED) is 0.893. The van der Waals surface area contributed by atoms with Crippen molar-refractivity contribution in [3.63, 3.8) is 0 Å². The molecule has 0 radical (unpaired) electrons. The third kappa shape index (κ3) is 2.86. The van der Waals surface area contributed by atoms with E-state index in [4.69, 9.17) is 5.73 Å². The lowest BCUT2D eigenvalue weighted by Crippen LogP contribution is -2.55. The van der Waals surface area contributed by atoms with Crippen molar-refractivity contribution in [1.29, 1.82) is 0 Å². The minimum Gasteiger partial charge on any atom is -0.480 e. The minimum atomic E-state index is -0.864. The predicted molar refractivity (Wildman–Crippen MR) is 81.5 cm³/mol. The molecule has 1 unspecified atom stereocenters. The first-order chi connectivity index (χ1) is 9.74. The molecule has 0 bridgehead atoms. The Balaban J connectivity index is 2.55. The number of primary amides is 1. The first kappa shape index (κ1) is 15.4. The van der Waals surface area contributed by atoms with Crippen molar-refractivity contribution in [2.75, 3.05) is 11.4 Å². The van der Waals surface area contributed by atoms with E-state index in [0.29, 0.717) is 17.8 Å². The Bertz CT molecular complexity index is 581. The van der Waals surface area contributed by atoms with Gasteiger partial charge in [-0.1, -0.05) is 19.9 Å². The number of nitrogens with zero attached hydrogens (tertiary/aromatic N) is 1. The van der Waals surface area contributed by atoms with E-state index in [-0.39, 0.29) is 5.41 Å². The van der Waals surface area contributed by atoms with Crippen LogP contribution in [0, 0.1) is 12.3 Å². The average Bonchev–Trinajstić information content (AvgIpc) is 2.36. The van der Waals surface area contributed by atoms with Gasteiger partial charge in [0, 0.05) is 6.54 Å². The van der Waals surface area contributed by atoms with Gasteiger partial charge in [0.1, 0.15) is 6.04 Å². The number of hydrogen-bond donors (Lipinski definition) is 2. The van der Waals surface area contributed by atoms with E-state index in [1.807, 2.05) is 37.8 Å². The lowest BCUT2D eigenvalue weighted by Gasteiger charge is -2.45. The van der Waals surface area contributed by atoms with Crippen LogP contribution in [0.1, 0.15) is 42.6 Å². The summed E-state index contributed by atoms with van der Waals surface area (Å²) in [6.45, 7) is 6.44. The van der Waals surface area contributed by atoms with Crippen LogP contribution in [0.15, 0.2) is 18.2 Å². The maximum Gasteiger partial charge on any atom is 0.326 e. The average molecular weight is 290 g/mol. The second kappa shape index (κ2) is 5.39. The fourth-order valence-electron chi connectivity index (χ4n) is 3.21. The molecule has 1 aliphatic rings. The molecular weight excluding hydrogens is 268 g/mol. The third-order valence-electron chi connectivity index (χ3n) is 4.23. The fraction of sp³-hybridized carbons (Fsp3) is 0.500. The molecule has 1 heterocycles. The molecule has 0 saturated carbocycles. The third-order valence-corrected chi connectivity index (χ3v) is 4.23. The van der Waals surface area contributed by atoms with Gasteiger partial charge in [0.15, 0.2) is 0 Å². The number of amides is 1. The number of aliphatic carboxylic acids is 1. The van der Waals surface area contributed by atoms with Gasteiger partial charge >= 0.3 is 5.97 Å². The molecule has 0 aliphatic carbocycles. The Hall–Kier alpha value is -2.04. The number of carboxylic acids is 1. The summed E-state index contributed by atoms with van der Waals surface area (Å²) in [7, 11) is 0. The molecule has 1 atom stereocenters. The van der Waals surface area contributed by atoms with Crippen LogP contribution in [0.3, 0.4) is 0 Å². The number of aryl methyl sites for hydroxylation is 1. The van der Waals surface area contributed by atoms with E-state index in [2.05, 4.69) is 0 Å². The van der Waals surface area contributed by atoms with Gasteiger partial charge in [-0.05, 0) is 42.9 Å². The van der Waals surface area contributed by atoms with Crippen LogP contribution in [0.4, 0.5) is 5.69 Å². The highest BCUT2D eigenvalue weighted by molar-refractivity contribution is 5.99. The minimum absolute atomic E-state index is 0.358. The summed E-state index contributed by atoms with van der Waals surface area (Å²) < 4.78 is 0. The van der Waals surface area contributed by atoms with Gasteiger partial charge in [0.05, 0.1) is 11.3 Å². The Morgan fingerprint density at radius 1 is 1.38 bits per heavy atom. The Kier molecular flexibility index (Phi) is 3.94. The van der Waals surface area contributed by atoms with Crippen molar-refractivity contribution in [2.24, 2.45) is 11.1 Å². The van der Waals surface area contributed by atoms with E-state index in [9.17, 15) is 14.7 Å². The lowest BCUT2D eigenvalue weighted by molar-refractivity contribution is -0.142. The summed E-state index contributed by atoms with van der Waals surface area (Å²) in [6.07, 6.45) is 1.74. The highest BCUT2D eigenvalue weighted by Gasteiger charge is 2.43. The van der Waals surface area contributed by atoms with Crippen LogP contribution in [0.25, 0.3) is 0 Å². The molecule has 114 valence electrons. The number of benzene rings is 1. The fourth-order valence-corrected chi connectivity index (χ4v) is 3.21. The number of carbonyl (C=O) groups excluding carboxylic acids is 1. The van der Waals surface area contributed by atoms with Crippen molar-refractivity contribution in [2.45, 2.75) is 39.7 Å². The molecule has 1 aromatic rings. The summed E-state index contributed by atoms with van der Waals surface area (Å²) >= 11 is 0. The van der Waals surface area contributed by atoms with Crippen LogP contribution >= 0.6 is 0 Å². The van der Waals surface area contributed by atoms with Crippen molar-refractivity contribution >= 4 is 17.6 Å². The van der Waals surface area contributed by atoms with Crippen molar-refractivity contribution in [3.05, 3.63) is 29.3 Å². The highest BCUT2D eigenvalue weighted by atomic mass is 16.4. The summed E-state index contributed by atoms with van der Waals surface area (Å²) in [5, 5.41) is 9.65. The predicted octanol–water partition coefficient (Wildman–Crippen LogP) is 2.17. The van der Waals surface area contributed by atoms with Crippen LogP contribution in [0.2, 0.25) is 0 Å². The summed E-state index contributed by atoms with van der Waals surface area (Å²) in [4.78, 5) is 25.2. The molecule has 5 nitrogen and oxygen atoms in total. The SMILES string of the molecule is Cc1ccc(C(N)=O)c(N2CCCC(C)(C)C2C(=O)O)c1. The largest absolute Gasteiger partial charge is 0.480 e.